The number of amides is 2. The molecule has 0 rings (SSSR count). The third-order valence-corrected chi connectivity index (χ3v) is 4.05. The molecule has 0 aromatic carbocycles. The molecule has 21 heavy (non-hydrogen) atoms. The molecule has 9 N–H and O–H groups in total. The Hall–Kier alpha value is 1.54. The number of rotatable bonds is 4. The van der Waals surface area contributed by atoms with Crippen molar-refractivity contribution in [3.63, 3.8) is 0 Å². The van der Waals surface area contributed by atoms with Gasteiger partial charge in [0.15, 0.2) is 0 Å². The molecule has 0 saturated carbocycles. The van der Waals surface area contributed by atoms with E-state index in [1.807, 2.05) is 0 Å². The number of nitrogens with two attached hydrogens (primary N) is 3. The second-order valence-corrected chi connectivity index (χ2v) is 8.81. The molecule has 16 heteroatoms. The molecule has 0 aliphatic rings. The summed E-state index contributed by atoms with van der Waals surface area (Å²) in [5.41, 5.74) is 13.9. The second-order valence-electron chi connectivity index (χ2n) is 3.46. The fourth-order valence-electron chi connectivity index (χ4n) is 0.525. The van der Waals surface area contributed by atoms with Crippen LogP contribution in [0.1, 0.15) is 13.8 Å². The van der Waals surface area contributed by atoms with Crippen LogP contribution >= 0.6 is 14.7 Å². The Morgan fingerprint density at radius 3 is 1.67 bits per heavy atom. The van der Waals surface area contributed by atoms with Gasteiger partial charge in [-0.1, -0.05) is 25.7 Å². The Bertz CT molecular complexity index is 449. The molecule has 126 valence electrons. The summed E-state index contributed by atoms with van der Waals surface area (Å²) in [5.74, 6) is 0.691. The Labute approximate surface area is 171 Å². The van der Waals surface area contributed by atoms with Crippen LogP contribution < -0.4 is 17.0 Å². The first-order valence-electron chi connectivity index (χ1n) is 4.64. The predicted octanol–water partition coefficient (Wildman–Crippen LogP) is -1.53. The molecule has 0 heterocycles. The van der Waals surface area contributed by atoms with Gasteiger partial charge in [0, 0.05) is 0 Å². The average Bonchev–Trinajstić information content (AvgIpc) is 1.90. The molecule has 1 unspecified atom stereocenters. The SMILES string of the molecule is CC(C)C[PH](N)=S.NC(N)=O.O=P(O)(O)OS(=O)(=O)O.[KH]. The minimum atomic E-state index is -5.13. The number of phosphoric acid groups is 1. The number of primary amides is 2. The van der Waals surface area contributed by atoms with Crippen molar-refractivity contribution in [1.82, 2.24) is 0 Å². The molecule has 1 atom stereocenters. The van der Waals surface area contributed by atoms with E-state index in [2.05, 4.69) is 29.3 Å². The maximum atomic E-state index is 9.58. The van der Waals surface area contributed by atoms with Gasteiger partial charge in [-0.15, -0.1) is 3.97 Å². The van der Waals surface area contributed by atoms with Gasteiger partial charge in [0.2, 0.25) is 0 Å². The first-order valence-corrected chi connectivity index (χ1v) is 10.5. The summed E-state index contributed by atoms with van der Waals surface area (Å²) in [6, 6.07) is -0.833. The normalized spacial score (nSPS) is 12.0. The number of hydrogen-bond acceptors (Lipinski definition) is 6. The summed E-state index contributed by atoms with van der Waals surface area (Å²) in [4.78, 5) is 24.4. The van der Waals surface area contributed by atoms with E-state index in [1.165, 1.54) is 0 Å². The molecule has 2 amide bonds. The molecule has 11 nitrogen and oxygen atoms in total. The van der Waals surface area contributed by atoms with E-state index in [4.69, 9.17) is 36.4 Å². The Morgan fingerprint density at radius 2 is 1.67 bits per heavy atom. The topological polar surface area (TPSA) is 216 Å². The van der Waals surface area contributed by atoms with E-state index in [1.54, 1.807) is 0 Å². The van der Waals surface area contributed by atoms with Gasteiger partial charge in [-0.05, 0) is 18.9 Å². The number of carbonyl (C=O) groups excluding carboxylic acids is 1. The minimum absolute atomic E-state index is 0. The van der Waals surface area contributed by atoms with Crippen molar-refractivity contribution in [2.45, 2.75) is 13.8 Å². The zero-order valence-electron chi connectivity index (χ0n) is 10.7. The zero-order valence-corrected chi connectivity index (χ0v) is 14.2. The quantitative estimate of drug-likeness (QED) is 0.177. The van der Waals surface area contributed by atoms with Crippen LogP contribution in [-0.2, 0) is 30.7 Å². The van der Waals surface area contributed by atoms with E-state index >= 15 is 0 Å². The molecule has 0 radical (unpaired) electrons. The summed E-state index contributed by atoms with van der Waals surface area (Å²) >= 11 is 4.83. The van der Waals surface area contributed by atoms with Crippen molar-refractivity contribution in [3.05, 3.63) is 0 Å². The van der Waals surface area contributed by atoms with Crippen LogP contribution in [-0.4, -0.2) is 86.3 Å². The summed E-state index contributed by atoms with van der Waals surface area (Å²) in [5, 5.41) is 0. The van der Waals surface area contributed by atoms with Crippen LogP contribution in [0.3, 0.4) is 0 Å². The molecular formula is C5H20KN3O8P2S2. The van der Waals surface area contributed by atoms with E-state index in [9.17, 15) is 13.0 Å². The van der Waals surface area contributed by atoms with E-state index < -0.39 is 31.1 Å². The monoisotopic (exact) mass is 415 g/mol. The first kappa shape index (κ1) is 30.4. The van der Waals surface area contributed by atoms with Crippen LogP contribution in [0, 0.1) is 5.92 Å². The standard InChI is InChI=1S/C4H12NPS.CH4N2O.K.H3O7PS.H/c1-4(2)3-6(5)7;2-1(3)4;;1-8(2,3)7-9(4,5)6;/h4,6H,3H2,1-2H3,(H2,5,7);(H4,2,3,4);;(H2,1,2,3)(H,4,5,6);. The number of carbonyl (C=O) groups is 1. The number of hydrogen-bond donors (Lipinski definition) is 6. The molecule has 0 bridgehead atoms. The van der Waals surface area contributed by atoms with Crippen molar-refractivity contribution >= 4 is 94.3 Å². The van der Waals surface area contributed by atoms with Gasteiger partial charge in [-0.25, -0.2) is 9.36 Å². The van der Waals surface area contributed by atoms with Crippen molar-refractivity contribution < 1.29 is 36.1 Å². The van der Waals surface area contributed by atoms with Crippen LogP contribution in [0.25, 0.3) is 0 Å². The van der Waals surface area contributed by atoms with Crippen LogP contribution in [0.5, 0.6) is 0 Å². The van der Waals surface area contributed by atoms with Crippen molar-refractivity contribution in [1.29, 1.82) is 0 Å². The zero-order chi connectivity index (χ0) is 17.1. The van der Waals surface area contributed by atoms with E-state index in [0.717, 1.165) is 6.16 Å². The van der Waals surface area contributed by atoms with Crippen LogP contribution in [0.15, 0.2) is 0 Å². The van der Waals surface area contributed by atoms with Gasteiger partial charge in [0.1, 0.15) is 0 Å². The molecule has 0 aromatic rings. The third kappa shape index (κ3) is 61.8. The molecule has 0 saturated heterocycles. The summed E-state index contributed by atoms with van der Waals surface area (Å²) in [6.07, 6.45) is 1.06. The second kappa shape index (κ2) is 15.1. The van der Waals surface area contributed by atoms with Gasteiger partial charge < -0.3 is 26.8 Å². The fraction of sp³-hybridized carbons (Fsp3) is 0.800. The Balaban J connectivity index is -0.000000108. The van der Waals surface area contributed by atoms with Gasteiger partial charge in [-0.3, -0.25) is 4.55 Å². The number of urea groups is 1. The first-order chi connectivity index (χ1) is 8.57. The Morgan fingerprint density at radius 1 is 1.38 bits per heavy atom. The molecule has 0 aliphatic heterocycles. The van der Waals surface area contributed by atoms with Crippen LogP contribution in [0.2, 0.25) is 0 Å². The maximum absolute atomic E-state index is 9.58. The van der Waals surface area contributed by atoms with Crippen molar-refractivity contribution in [2.75, 3.05) is 6.16 Å². The molecule has 0 fully saturated rings. The van der Waals surface area contributed by atoms with E-state index in [-0.39, 0.29) is 51.4 Å². The fourth-order valence-corrected chi connectivity index (χ4v) is 3.31. The average molecular weight is 415 g/mol. The molecule has 0 aromatic heterocycles. The van der Waals surface area contributed by atoms with Crippen molar-refractivity contribution in [3.8, 4) is 0 Å². The van der Waals surface area contributed by atoms with Gasteiger partial charge in [-0.2, -0.15) is 8.42 Å². The summed E-state index contributed by atoms with van der Waals surface area (Å²) < 4.78 is 39.0. The third-order valence-electron chi connectivity index (χ3n) is 0.801. The van der Waals surface area contributed by atoms with Gasteiger partial charge in [0.05, 0.1) is 0 Å². The summed E-state index contributed by atoms with van der Waals surface area (Å²) in [6.45, 7) is 3.43. The Kier molecular flexibility index (Phi) is 21.9. The summed E-state index contributed by atoms with van der Waals surface area (Å²) in [7, 11) is -10.2. The van der Waals surface area contributed by atoms with Crippen LogP contribution in [0.4, 0.5) is 4.79 Å². The van der Waals surface area contributed by atoms with Crippen molar-refractivity contribution in [2.24, 2.45) is 22.9 Å². The van der Waals surface area contributed by atoms with E-state index in [0.29, 0.717) is 5.92 Å². The van der Waals surface area contributed by atoms with Gasteiger partial charge >= 0.3 is 75.6 Å². The predicted molar refractivity (Wildman–Crippen MR) is 85.2 cm³/mol. The van der Waals surface area contributed by atoms with Gasteiger partial charge in [0.25, 0.3) is 0 Å². The molecule has 0 aliphatic carbocycles. The molecule has 0 spiro atoms. The molecular weight excluding hydrogens is 395 g/mol.